The Bertz CT molecular complexity index is 875. The van der Waals surface area contributed by atoms with E-state index >= 15 is 0 Å². The Kier molecular flexibility index (Phi) is 4.76. The summed E-state index contributed by atoms with van der Waals surface area (Å²) in [7, 11) is 0. The Morgan fingerprint density at radius 1 is 1.12 bits per heavy atom. The molecule has 1 unspecified atom stereocenters. The standard InChI is InChI=1S/C20H22N2O3/c1-12-7-15-9-18(25-19(15)8-13(12)2)14(3)21-16-5-4-6-17(10-16)22-20(24)11-23/h4-10,14,21,23H,11H2,1-3H3,(H,22,24). The van der Waals surface area contributed by atoms with Gasteiger partial charge in [0.2, 0.25) is 5.91 Å². The van der Waals surface area contributed by atoms with E-state index in [-0.39, 0.29) is 6.04 Å². The van der Waals surface area contributed by atoms with E-state index in [1.165, 1.54) is 11.1 Å². The molecule has 1 aromatic heterocycles. The lowest BCUT2D eigenvalue weighted by molar-refractivity contribution is -0.118. The van der Waals surface area contributed by atoms with Crippen molar-refractivity contribution in [2.75, 3.05) is 17.2 Å². The summed E-state index contributed by atoms with van der Waals surface area (Å²) in [6.07, 6.45) is 0. The third-order valence-corrected chi connectivity index (χ3v) is 4.25. The fraction of sp³-hybridized carbons (Fsp3) is 0.250. The molecule has 3 rings (SSSR count). The van der Waals surface area contributed by atoms with Crippen molar-refractivity contribution in [3.8, 4) is 0 Å². The smallest absolute Gasteiger partial charge is 0.250 e. The van der Waals surface area contributed by atoms with Gasteiger partial charge in [-0.25, -0.2) is 0 Å². The molecule has 0 aliphatic carbocycles. The highest BCUT2D eigenvalue weighted by molar-refractivity contribution is 5.92. The molecule has 0 spiro atoms. The fourth-order valence-corrected chi connectivity index (χ4v) is 2.74. The number of anilines is 2. The monoisotopic (exact) mass is 338 g/mol. The van der Waals surface area contributed by atoms with E-state index in [9.17, 15) is 4.79 Å². The van der Waals surface area contributed by atoms with E-state index < -0.39 is 12.5 Å². The van der Waals surface area contributed by atoms with Crippen LogP contribution >= 0.6 is 0 Å². The van der Waals surface area contributed by atoms with Crippen LogP contribution in [0, 0.1) is 13.8 Å². The van der Waals surface area contributed by atoms with Crippen LogP contribution in [0.5, 0.6) is 0 Å². The van der Waals surface area contributed by atoms with Gasteiger partial charge in [0.05, 0.1) is 6.04 Å². The lowest BCUT2D eigenvalue weighted by Gasteiger charge is -2.14. The number of hydrogen-bond donors (Lipinski definition) is 3. The first-order valence-electron chi connectivity index (χ1n) is 8.24. The second-order valence-electron chi connectivity index (χ2n) is 6.28. The second kappa shape index (κ2) is 6.99. The number of aliphatic hydroxyl groups is 1. The maximum atomic E-state index is 11.3. The first-order valence-corrected chi connectivity index (χ1v) is 8.24. The number of carbonyl (C=O) groups excluding carboxylic acids is 1. The number of aryl methyl sites for hydroxylation is 2. The van der Waals surface area contributed by atoms with Gasteiger partial charge >= 0.3 is 0 Å². The summed E-state index contributed by atoms with van der Waals surface area (Å²) in [5.74, 6) is 0.415. The molecule has 1 heterocycles. The molecule has 1 atom stereocenters. The predicted octanol–water partition coefficient (Wildman–Crippen LogP) is 4.15. The summed E-state index contributed by atoms with van der Waals surface area (Å²) in [5.41, 5.74) is 4.83. The van der Waals surface area contributed by atoms with Crippen molar-refractivity contribution in [1.29, 1.82) is 0 Å². The van der Waals surface area contributed by atoms with Crippen LogP contribution in [0.3, 0.4) is 0 Å². The van der Waals surface area contributed by atoms with E-state index in [1.807, 2.05) is 25.1 Å². The lowest BCUT2D eigenvalue weighted by Crippen LogP contribution is -2.15. The Balaban J connectivity index is 1.79. The maximum Gasteiger partial charge on any atom is 0.250 e. The van der Waals surface area contributed by atoms with Gasteiger partial charge in [0.1, 0.15) is 18.0 Å². The minimum absolute atomic E-state index is 0.0307. The highest BCUT2D eigenvalue weighted by Gasteiger charge is 2.13. The van der Waals surface area contributed by atoms with Crippen LogP contribution in [0.4, 0.5) is 11.4 Å². The van der Waals surface area contributed by atoms with Gasteiger partial charge in [0.25, 0.3) is 0 Å². The molecule has 0 bridgehead atoms. The minimum atomic E-state index is -0.536. The van der Waals surface area contributed by atoms with E-state index in [4.69, 9.17) is 9.52 Å². The second-order valence-corrected chi connectivity index (χ2v) is 6.28. The molecule has 0 radical (unpaired) electrons. The third-order valence-electron chi connectivity index (χ3n) is 4.25. The van der Waals surface area contributed by atoms with Crippen molar-refractivity contribution in [3.63, 3.8) is 0 Å². The zero-order chi connectivity index (χ0) is 18.0. The van der Waals surface area contributed by atoms with Crippen LogP contribution in [0.1, 0.15) is 29.9 Å². The van der Waals surface area contributed by atoms with Gasteiger partial charge in [0.15, 0.2) is 0 Å². The van der Waals surface area contributed by atoms with Crippen molar-refractivity contribution in [1.82, 2.24) is 0 Å². The fourth-order valence-electron chi connectivity index (χ4n) is 2.74. The molecule has 0 fully saturated rings. The third kappa shape index (κ3) is 3.83. The number of benzene rings is 2. The van der Waals surface area contributed by atoms with Crippen LogP contribution < -0.4 is 10.6 Å². The van der Waals surface area contributed by atoms with Crippen LogP contribution in [-0.4, -0.2) is 17.6 Å². The van der Waals surface area contributed by atoms with Crippen molar-refractivity contribution < 1.29 is 14.3 Å². The van der Waals surface area contributed by atoms with E-state index in [2.05, 4.69) is 42.7 Å². The average molecular weight is 338 g/mol. The largest absolute Gasteiger partial charge is 0.459 e. The molecule has 2 aromatic carbocycles. The number of hydrogen-bond acceptors (Lipinski definition) is 4. The van der Waals surface area contributed by atoms with Crippen molar-refractivity contribution in [2.24, 2.45) is 0 Å². The van der Waals surface area contributed by atoms with E-state index in [1.54, 1.807) is 6.07 Å². The normalized spacial score (nSPS) is 12.2. The Hall–Kier alpha value is -2.79. The molecule has 0 saturated carbocycles. The molecule has 0 aliphatic rings. The lowest BCUT2D eigenvalue weighted by atomic mass is 10.1. The summed E-state index contributed by atoms with van der Waals surface area (Å²) >= 11 is 0. The van der Waals surface area contributed by atoms with Crippen LogP contribution in [-0.2, 0) is 4.79 Å². The van der Waals surface area contributed by atoms with E-state index in [0.29, 0.717) is 5.69 Å². The molecule has 5 heteroatoms. The number of rotatable bonds is 5. The number of carbonyl (C=O) groups is 1. The van der Waals surface area contributed by atoms with Crippen molar-refractivity contribution >= 4 is 28.3 Å². The highest BCUT2D eigenvalue weighted by Crippen LogP contribution is 2.28. The average Bonchev–Trinajstić information content (AvgIpc) is 2.98. The van der Waals surface area contributed by atoms with Gasteiger partial charge in [-0.1, -0.05) is 6.07 Å². The molecule has 5 nitrogen and oxygen atoms in total. The molecule has 130 valence electrons. The van der Waals surface area contributed by atoms with Gasteiger partial charge in [0, 0.05) is 16.8 Å². The Morgan fingerprint density at radius 2 is 1.84 bits per heavy atom. The van der Waals surface area contributed by atoms with Crippen molar-refractivity contribution in [2.45, 2.75) is 26.8 Å². The number of nitrogens with one attached hydrogen (secondary N) is 2. The van der Waals surface area contributed by atoms with Gasteiger partial charge in [-0.2, -0.15) is 0 Å². The predicted molar refractivity (Wildman–Crippen MR) is 99.9 cm³/mol. The number of amides is 1. The van der Waals surface area contributed by atoms with Gasteiger partial charge in [-0.3, -0.25) is 4.79 Å². The SMILES string of the molecule is Cc1cc2cc(C(C)Nc3cccc(NC(=O)CO)c3)oc2cc1C. The van der Waals surface area contributed by atoms with Gasteiger partial charge in [-0.15, -0.1) is 0 Å². The van der Waals surface area contributed by atoms with E-state index in [0.717, 1.165) is 22.4 Å². The minimum Gasteiger partial charge on any atom is -0.459 e. The highest BCUT2D eigenvalue weighted by atomic mass is 16.3. The number of aliphatic hydroxyl groups excluding tert-OH is 1. The summed E-state index contributed by atoms with van der Waals surface area (Å²) in [6.45, 7) is 5.66. The maximum absolute atomic E-state index is 11.3. The van der Waals surface area contributed by atoms with Crippen LogP contribution in [0.15, 0.2) is 46.9 Å². The zero-order valence-electron chi connectivity index (χ0n) is 14.6. The van der Waals surface area contributed by atoms with Crippen LogP contribution in [0.2, 0.25) is 0 Å². The first-order chi connectivity index (χ1) is 12.0. The quantitative estimate of drug-likeness (QED) is 0.653. The van der Waals surface area contributed by atoms with Gasteiger partial charge in [-0.05, 0) is 68.3 Å². The van der Waals surface area contributed by atoms with Crippen LogP contribution in [0.25, 0.3) is 11.0 Å². The summed E-state index contributed by atoms with van der Waals surface area (Å²) in [4.78, 5) is 11.3. The Morgan fingerprint density at radius 3 is 2.60 bits per heavy atom. The zero-order valence-corrected chi connectivity index (χ0v) is 14.6. The Labute approximate surface area is 146 Å². The molecule has 0 saturated heterocycles. The molecule has 0 aliphatic heterocycles. The summed E-state index contributed by atoms with van der Waals surface area (Å²) in [6, 6.07) is 13.6. The molecule has 1 amide bonds. The van der Waals surface area contributed by atoms with Gasteiger partial charge < -0.3 is 20.2 Å². The molecule has 25 heavy (non-hydrogen) atoms. The number of furan rings is 1. The molecule has 3 aromatic rings. The van der Waals surface area contributed by atoms with Crippen molar-refractivity contribution in [3.05, 3.63) is 59.4 Å². The topological polar surface area (TPSA) is 74.5 Å². The molecular formula is C20H22N2O3. The summed E-state index contributed by atoms with van der Waals surface area (Å²) < 4.78 is 5.98. The summed E-state index contributed by atoms with van der Waals surface area (Å²) in [5, 5.41) is 15.9. The molecular weight excluding hydrogens is 316 g/mol. The first kappa shape index (κ1) is 17.0. The molecule has 3 N–H and O–H groups in total. The number of fused-ring (bicyclic) bond motifs is 1.